The van der Waals surface area contributed by atoms with Crippen LogP contribution in [0.1, 0.15) is 5.56 Å². The van der Waals surface area contributed by atoms with Gasteiger partial charge in [0.05, 0.1) is 18.0 Å². The highest BCUT2D eigenvalue weighted by molar-refractivity contribution is 5.86. The maximum atomic E-state index is 6.23. The summed E-state index contributed by atoms with van der Waals surface area (Å²) in [5.41, 5.74) is 11.4. The number of methoxy groups -OCH3 is 1. The van der Waals surface area contributed by atoms with Gasteiger partial charge >= 0.3 is 0 Å². The van der Waals surface area contributed by atoms with Crippen molar-refractivity contribution < 1.29 is 4.74 Å². The molecule has 0 spiro atoms. The lowest BCUT2D eigenvalue weighted by Gasteiger charge is -2.13. The van der Waals surface area contributed by atoms with Gasteiger partial charge in [-0.1, -0.05) is 0 Å². The van der Waals surface area contributed by atoms with Crippen LogP contribution in [0.3, 0.4) is 0 Å². The van der Waals surface area contributed by atoms with Crippen LogP contribution >= 0.6 is 0 Å². The zero-order chi connectivity index (χ0) is 13.8. The molecule has 1 aromatic carbocycles. The molecule has 0 fully saturated rings. The first-order valence-electron chi connectivity index (χ1n) is 6.37. The molecule has 2 rings (SSSR count). The Labute approximate surface area is 114 Å². The van der Waals surface area contributed by atoms with Crippen LogP contribution in [0.25, 0.3) is 11.1 Å². The molecule has 1 aromatic heterocycles. The number of aromatic nitrogens is 1. The Morgan fingerprint density at radius 3 is 2.74 bits per heavy atom. The van der Waals surface area contributed by atoms with E-state index in [2.05, 4.69) is 29.7 Å². The van der Waals surface area contributed by atoms with Crippen LogP contribution in [0, 0.1) is 0 Å². The fraction of sp³-hybridized carbons (Fsp3) is 0.333. The summed E-state index contributed by atoms with van der Waals surface area (Å²) >= 11 is 0. The molecular weight excluding hydrogens is 238 g/mol. The van der Waals surface area contributed by atoms with Gasteiger partial charge in [-0.3, -0.25) is 0 Å². The molecule has 102 valence electrons. The van der Waals surface area contributed by atoms with Crippen molar-refractivity contribution in [2.45, 2.75) is 6.42 Å². The first kappa shape index (κ1) is 13.5. The van der Waals surface area contributed by atoms with Gasteiger partial charge < -0.3 is 20.4 Å². The van der Waals surface area contributed by atoms with Gasteiger partial charge in [0.1, 0.15) is 0 Å². The second-order valence-electron chi connectivity index (χ2n) is 4.66. The topological polar surface area (TPSA) is 52.2 Å². The maximum Gasteiger partial charge on any atom is 0.0630 e. The molecule has 0 saturated carbocycles. The molecule has 1 heterocycles. The fourth-order valence-electron chi connectivity index (χ4n) is 2.19. The summed E-state index contributed by atoms with van der Waals surface area (Å²) in [5, 5.41) is 3.16. The average Bonchev–Trinajstić information content (AvgIpc) is 2.84. The number of benzene rings is 1. The molecule has 4 nitrogen and oxygen atoms in total. The number of hydrogen-bond acceptors (Lipinski definition) is 3. The van der Waals surface area contributed by atoms with Crippen LogP contribution in [0.2, 0.25) is 0 Å². The van der Waals surface area contributed by atoms with E-state index < -0.39 is 0 Å². The highest BCUT2D eigenvalue weighted by Gasteiger charge is 2.10. The van der Waals surface area contributed by atoms with Gasteiger partial charge in [-0.15, -0.1) is 0 Å². The number of nitrogens with zero attached hydrogens (tertiary/aromatic N) is 1. The Balaban J connectivity index is 2.45. The van der Waals surface area contributed by atoms with E-state index in [4.69, 9.17) is 10.5 Å². The van der Waals surface area contributed by atoms with Crippen molar-refractivity contribution in [3.8, 4) is 11.1 Å². The van der Waals surface area contributed by atoms with Gasteiger partial charge in [0.15, 0.2) is 0 Å². The second-order valence-corrected chi connectivity index (χ2v) is 4.66. The normalized spacial score (nSPS) is 10.7. The summed E-state index contributed by atoms with van der Waals surface area (Å²) in [6, 6.07) is 6.30. The molecule has 0 aliphatic heterocycles. The first-order valence-corrected chi connectivity index (χ1v) is 6.37. The number of aryl methyl sites for hydroxylation is 1. The van der Waals surface area contributed by atoms with E-state index in [-0.39, 0.29) is 0 Å². The van der Waals surface area contributed by atoms with Crippen molar-refractivity contribution in [1.82, 2.24) is 4.57 Å². The largest absolute Gasteiger partial charge is 0.397 e. The third-order valence-corrected chi connectivity index (χ3v) is 3.25. The molecule has 0 radical (unpaired) electrons. The van der Waals surface area contributed by atoms with Crippen LogP contribution < -0.4 is 11.1 Å². The van der Waals surface area contributed by atoms with E-state index in [1.165, 1.54) is 5.56 Å². The second kappa shape index (κ2) is 5.80. The van der Waals surface area contributed by atoms with Crippen LogP contribution in [0.4, 0.5) is 11.4 Å². The van der Waals surface area contributed by atoms with Crippen molar-refractivity contribution in [2.75, 3.05) is 31.8 Å². The van der Waals surface area contributed by atoms with Gasteiger partial charge in [-0.25, -0.2) is 0 Å². The molecular formula is C15H21N3O. The van der Waals surface area contributed by atoms with Crippen molar-refractivity contribution in [2.24, 2.45) is 7.05 Å². The number of anilines is 2. The van der Waals surface area contributed by atoms with Crippen molar-refractivity contribution >= 4 is 11.4 Å². The highest BCUT2D eigenvalue weighted by atomic mass is 16.5. The SMILES string of the molecule is CNc1cc(CCOC)cc(-c2ccn(C)c2)c1N. The van der Waals surface area contributed by atoms with Crippen LogP contribution in [-0.4, -0.2) is 25.3 Å². The first-order chi connectivity index (χ1) is 9.15. The lowest BCUT2D eigenvalue weighted by molar-refractivity contribution is 0.202. The lowest BCUT2D eigenvalue weighted by atomic mass is 10.0. The molecule has 19 heavy (non-hydrogen) atoms. The number of rotatable bonds is 5. The van der Waals surface area contributed by atoms with Crippen molar-refractivity contribution in [3.05, 3.63) is 36.2 Å². The summed E-state index contributed by atoms with van der Waals surface area (Å²) in [5.74, 6) is 0. The highest BCUT2D eigenvalue weighted by Crippen LogP contribution is 2.33. The van der Waals surface area contributed by atoms with Gasteiger partial charge in [-0.2, -0.15) is 0 Å². The molecule has 3 N–H and O–H groups in total. The molecule has 4 heteroatoms. The molecule has 0 aliphatic carbocycles. The van der Waals surface area contributed by atoms with E-state index in [1.54, 1.807) is 7.11 Å². The molecule has 0 unspecified atom stereocenters. The predicted molar refractivity (Wildman–Crippen MR) is 80.4 cm³/mol. The van der Waals surface area contributed by atoms with Crippen LogP contribution in [0.15, 0.2) is 30.6 Å². The zero-order valence-electron chi connectivity index (χ0n) is 11.7. The Morgan fingerprint density at radius 1 is 1.37 bits per heavy atom. The van der Waals surface area contributed by atoms with E-state index in [0.29, 0.717) is 6.61 Å². The van der Waals surface area contributed by atoms with Crippen molar-refractivity contribution in [1.29, 1.82) is 0 Å². The van der Waals surface area contributed by atoms with Gasteiger partial charge in [-0.05, 0) is 30.2 Å². The number of nitrogen functional groups attached to an aromatic ring is 1. The Hall–Kier alpha value is -1.94. The molecule has 0 bridgehead atoms. The summed E-state index contributed by atoms with van der Waals surface area (Å²) in [4.78, 5) is 0. The number of nitrogens with two attached hydrogens (primary N) is 1. The number of nitrogens with one attached hydrogen (secondary N) is 1. The predicted octanol–water partition coefficient (Wildman–Crippen LogP) is 2.50. The number of ether oxygens (including phenoxy) is 1. The summed E-state index contributed by atoms with van der Waals surface area (Å²) in [6.45, 7) is 0.710. The lowest BCUT2D eigenvalue weighted by Crippen LogP contribution is -2.02. The van der Waals surface area contributed by atoms with Crippen LogP contribution in [-0.2, 0) is 18.2 Å². The van der Waals surface area contributed by atoms with E-state index >= 15 is 0 Å². The third kappa shape index (κ3) is 2.90. The van der Waals surface area contributed by atoms with E-state index in [1.807, 2.05) is 24.9 Å². The average molecular weight is 259 g/mol. The molecule has 2 aromatic rings. The number of hydrogen-bond donors (Lipinski definition) is 2. The van der Waals surface area contributed by atoms with Crippen LogP contribution in [0.5, 0.6) is 0 Å². The summed E-state index contributed by atoms with van der Waals surface area (Å²) in [6.07, 6.45) is 4.98. The van der Waals surface area contributed by atoms with Crippen molar-refractivity contribution in [3.63, 3.8) is 0 Å². The minimum atomic E-state index is 0.710. The van der Waals surface area contributed by atoms with E-state index in [0.717, 1.165) is 28.9 Å². The molecule has 0 saturated heterocycles. The molecule has 0 aliphatic rings. The van der Waals surface area contributed by atoms with Gasteiger partial charge in [0.25, 0.3) is 0 Å². The quantitative estimate of drug-likeness (QED) is 0.811. The Bertz CT molecular complexity index is 561. The fourth-order valence-corrected chi connectivity index (χ4v) is 2.19. The minimum Gasteiger partial charge on any atom is -0.397 e. The maximum absolute atomic E-state index is 6.23. The Kier molecular flexibility index (Phi) is 4.12. The Morgan fingerprint density at radius 2 is 2.16 bits per heavy atom. The molecule has 0 amide bonds. The zero-order valence-corrected chi connectivity index (χ0v) is 11.7. The third-order valence-electron chi connectivity index (χ3n) is 3.25. The van der Waals surface area contributed by atoms with E-state index in [9.17, 15) is 0 Å². The standard InChI is InChI=1S/C15H21N3O/c1-17-14-9-11(5-7-19-3)8-13(15(14)16)12-4-6-18(2)10-12/h4,6,8-10,17H,5,7,16H2,1-3H3. The monoisotopic (exact) mass is 259 g/mol. The smallest absolute Gasteiger partial charge is 0.0630 e. The minimum absolute atomic E-state index is 0.710. The van der Waals surface area contributed by atoms with Gasteiger partial charge in [0.2, 0.25) is 0 Å². The summed E-state index contributed by atoms with van der Waals surface area (Å²) in [7, 11) is 5.61. The molecule has 0 atom stereocenters. The van der Waals surface area contributed by atoms with Gasteiger partial charge in [0, 0.05) is 44.7 Å². The summed E-state index contributed by atoms with van der Waals surface area (Å²) < 4.78 is 7.17.